The van der Waals surface area contributed by atoms with Gasteiger partial charge in [0, 0.05) is 0 Å². The first kappa shape index (κ1) is 16.8. The van der Waals surface area contributed by atoms with Crippen LogP contribution in [-0.4, -0.2) is 17.9 Å². The highest BCUT2D eigenvalue weighted by Crippen LogP contribution is 2.48. The van der Waals surface area contributed by atoms with Crippen LogP contribution in [0, 0.1) is 12.8 Å². The van der Waals surface area contributed by atoms with Gasteiger partial charge in [-0.2, -0.15) is 0 Å². The zero-order valence-corrected chi connectivity index (χ0v) is 15.2. The van der Waals surface area contributed by atoms with Crippen LogP contribution in [0.1, 0.15) is 17.4 Å². The molecule has 2 aliphatic heterocycles. The van der Waals surface area contributed by atoms with Gasteiger partial charge in [0.15, 0.2) is 6.10 Å². The number of hydroxylamine groups is 1. The second kappa shape index (κ2) is 6.35. The summed E-state index contributed by atoms with van der Waals surface area (Å²) in [4.78, 5) is 33.7. The molecule has 0 bridgehead atoms. The summed E-state index contributed by atoms with van der Waals surface area (Å²) in [5, 5.41) is 1.65. The van der Waals surface area contributed by atoms with Gasteiger partial charge in [0.2, 0.25) is 5.91 Å². The van der Waals surface area contributed by atoms with Crippen molar-refractivity contribution in [3.63, 3.8) is 0 Å². The summed E-state index contributed by atoms with van der Waals surface area (Å²) in [7, 11) is 0. The number of benzene rings is 2. The largest absolute Gasteiger partial charge is 0.467 e. The molecule has 0 spiro atoms. The van der Waals surface area contributed by atoms with Crippen LogP contribution >= 0.6 is 0 Å². The molecule has 0 aliphatic carbocycles. The van der Waals surface area contributed by atoms with Crippen molar-refractivity contribution in [2.24, 2.45) is 5.92 Å². The molecule has 2 aromatic carbocycles. The molecule has 6 heteroatoms. The van der Waals surface area contributed by atoms with Crippen molar-refractivity contribution < 1.29 is 18.8 Å². The molecule has 3 heterocycles. The number of aryl methyl sites for hydroxylation is 1. The number of amides is 2. The molecule has 3 atom stereocenters. The van der Waals surface area contributed by atoms with Crippen molar-refractivity contribution in [3.05, 3.63) is 84.3 Å². The molecule has 2 aliphatic rings. The average molecular weight is 374 g/mol. The number of carbonyl (C=O) groups is 2. The van der Waals surface area contributed by atoms with Crippen molar-refractivity contribution in [1.82, 2.24) is 0 Å². The maximum Gasteiger partial charge on any atom is 0.266 e. The molecule has 0 radical (unpaired) electrons. The lowest BCUT2D eigenvalue weighted by molar-refractivity contribution is -0.126. The normalized spacial score (nSPS) is 24.1. The molecular weight excluding hydrogens is 356 g/mol. The lowest BCUT2D eigenvalue weighted by Gasteiger charge is -2.28. The Morgan fingerprint density at radius 1 is 0.857 bits per heavy atom. The van der Waals surface area contributed by atoms with Crippen LogP contribution in [0.25, 0.3) is 0 Å². The van der Waals surface area contributed by atoms with E-state index in [0.29, 0.717) is 11.4 Å². The first-order valence-corrected chi connectivity index (χ1v) is 9.15. The van der Waals surface area contributed by atoms with E-state index in [9.17, 15) is 9.59 Å². The number of furan rings is 1. The smallest absolute Gasteiger partial charge is 0.266 e. The molecule has 2 amide bonds. The Bertz CT molecular complexity index is 1030. The molecule has 3 aromatic rings. The summed E-state index contributed by atoms with van der Waals surface area (Å²) in [5.74, 6) is -0.724. The fourth-order valence-electron chi connectivity index (χ4n) is 4.01. The molecule has 1 aromatic heterocycles. The Hall–Kier alpha value is -3.38. The summed E-state index contributed by atoms with van der Waals surface area (Å²) < 4.78 is 5.64. The van der Waals surface area contributed by atoms with Gasteiger partial charge in [-0.3, -0.25) is 14.4 Å². The van der Waals surface area contributed by atoms with Crippen LogP contribution in [0.3, 0.4) is 0 Å². The maximum atomic E-state index is 13.3. The monoisotopic (exact) mass is 374 g/mol. The van der Waals surface area contributed by atoms with Gasteiger partial charge in [0.1, 0.15) is 17.7 Å². The van der Waals surface area contributed by atoms with Crippen LogP contribution in [0.4, 0.5) is 11.4 Å². The van der Waals surface area contributed by atoms with E-state index in [1.54, 1.807) is 41.7 Å². The third-order valence-corrected chi connectivity index (χ3v) is 5.32. The molecule has 140 valence electrons. The second-order valence-corrected chi connectivity index (χ2v) is 6.97. The minimum Gasteiger partial charge on any atom is -0.467 e. The van der Waals surface area contributed by atoms with Crippen LogP contribution in [0.15, 0.2) is 77.4 Å². The number of carbonyl (C=O) groups excluding carboxylic acids is 2. The lowest BCUT2D eigenvalue weighted by atomic mass is 9.94. The van der Waals surface area contributed by atoms with Crippen molar-refractivity contribution in [3.8, 4) is 0 Å². The first-order chi connectivity index (χ1) is 13.7. The van der Waals surface area contributed by atoms with E-state index in [-0.39, 0.29) is 11.8 Å². The second-order valence-electron chi connectivity index (χ2n) is 6.97. The standard InChI is InChI=1S/C22H18N2O4/c1-14-8-5-6-11-16(14)24-19(17-12-7-13-27-17)18-20(28-24)22(26)23(21(18)25)15-9-3-2-4-10-15/h2-13,18-20H,1H3. The number of anilines is 2. The minimum absolute atomic E-state index is 0.279. The third kappa shape index (κ3) is 2.38. The van der Waals surface area contributed by atoms with Gasteiger partial charge in [-0.15, -0.1) is 0 Å². The average Bonchev–Trinajstić information content (AvgIpc) is 3.41. The number of para-hydroxylation sites is 2. The van der Waals surface area contributed by atoms with Crippen molar-refractivity contribution in [1.29, 1.82) is 0 Å². The molecule has 5 rings (SSSR count). The van der Waals surface area contributed by atoms with Gasteiger partial charge in [-0.05, 0) is 42.8 Å². The molecule has 0 saturated carbocycles. The first-order valence-electron chi connectivity index (χ1n) is 9.15. The van der Waals surface area contributed by atoms with Gasteiger partial charge in [0.25, 0.3) is 5.91 Å². The Kier molecular flexibility index (Phi) is 3.80. The fraction of sp³-hybridized carbons (Fsp3) is 0.182. The number of nitrogens with zero attached hydrogens (tertiary/aromatic N) is 2. The predicted octanol–water partition coefficient (Wildman–Crippen LogP) is 3.64. The number of fused-ring (bicyclic) bond motifs is 1. The molecule has 3 unspecified atom stereocenters. The Morgan fingerprint density at radius 3 is 2.32 bits per heavy atom. The van der Waals surface area contributed by atoms with Crippen molar-refractivity contribution in [2.75, 3.05) is 9.96 Å². The topological polar surface area (TPSA) is 63.0 Å². The molecule has 28 heavy (non-hydrogen) atoms. The predicted molar refractivity (Wildman–Crippen MR) is 102 cm³/mol. The van der Waals surface area contributed by atoms with E-state index in [2.05, 4.69) is 0 Å². The Morgan fingerprint density at radius 2 is 1.61 bits per heavy atom. The van der Waals surface area contributed by atoms with Gasteiger partial charge in [-0.25, -0.2) is 9.96 Å². The van der Waals surface area contributed by atoms with E-state index >= 15 is 0 Å². The Balaban J connectivity index is 1.59. The lowest BCUT2D eigenvalue weighted by Crippen LogP contribution is -2.37. The Labute approximate surface area is 161 Å². The minimum atomic E-state index is -0.887. The van der Waals surface area contributed by atoms with E-state index in [0.717, 1.165) is 11.3 Å². The SMILES string of the molecule is Cc1ccccc1N1OC2C(=O)N(c3ccccc3)C(=O)C2C1c1ccco1. The van der Waals surface area contributed by atoms with Gasteiger partial charge < -0.3 is 4.42 Å². The molecule has 2 saturated heterocycles. The van der Waals surface area contributed by atoms with Crippen LogP contribution < -0.4 is 9.96 Å². The molecular formula is C22H18N2O4. The van der Waals surface area contributed by atoms with Crippen molar-refractivity contribution in [2.45, 2.75) is 19.1 Å². The van der Waals surface area contributed by atoms with E-state index in [4.69, 9.17) is 9.25 Å². The number of hydrogen-bond acceptors (Lipinski definition) is 5. The quantitative estimate of drug-likeness (QED) is 0.655. The summed E-state index contributed by atoms with van der Waals surface area (Å²) >= 11 is 0. The van der Waals surface area contributed by atoms with Gasteiger partial charge >= 0.3 is 0 Å². The fourth-order valence-corrected chi connectivity index (χ4v) is 4.01. The summed E-state index contributed by atoms with van der Waals surface area (Å²) in [6.07, 6.45) is 0.678. The zero-order chi connectivity index (χ0) is 19.3. The third-order valence-electron chi connectivity index (χ3n) is 5.32. The van der Waals surface area contributed by atoms with E-state index in [1.165, 1.54) is 4.90 Å². The van der Waals surface area contributed by atoms with Crippen LogP contribution in [0.2, 0.25) is 0 Å². The van der Waals surface area contributed by atoms with Crippen molar-refractivity contribution >= 4 is 23.2 Å². The maximum absolute atomic E-state index is 13.3. The number of hydrogen-bond donors (Lipinski definition) is 0. The molecule has 0 N–H and O–H groups in total. The van der Waals surface area contributed by atoms with Crippen LogP contribution in [0.5, 0.6) is 0 Å². The van der Waals surface area contributed by atoms with Gasteiger partial charge in [0.05, 0.1) is 17.6 Å². The highest BCUT2D eigenvalue weighted by molar-refractivity contribution is 6.23. The summed E-state index contributed by atoms with van der Waals surface area (Å²) in [6.45, 7) is 1.96. The highest BCUT2D eigenvalue weighted by Gasteiger charge is 2.61. The number of imide groups is 1. The van der Waals surface area contributed by atoms with Gasteiger partial charge in [-0.1, -0.05) is 36.4 Å². The van der Waals surface area contributed by atoms with E-state index < -0.39 is 18.1 Å². The molecule has 2 fully saturated rings. The molecule has 6 nitrogen and oxygen atoms in total. The highest BCUT2D eigenvalue weighted by atomic mass is 16.7. The van der Waals surface area contributed by atoms with E-state index in [1.807, 2.05) is 43.3 Å². The van der Waals surface area contributed by atoms with Crippen LogP contribution in [-0.2, 0) is 14.4 Å². The zero-order valence-electron chi connectivity index (χ0n) is 15.2. The summed E-state index contributed by atoms with van der Waals surface area (Å²) in [6, 6.07) is 19.7. The summed E-state index contributed by atoms with van der Waals surface area (Å²) in [5.41, 5.74) is 2.35. The number of rotatable bonds is 3.